The molecule has 2 fully saturated rings. The van der Waals surface area contributed by atoms with Crippen molar-refractivity contribution in [1.29, 1.82) is 0 Å². The second-order valence-corrected chi connectivity index (χ2v) is 7.80. The highest BCUT2D eigenvalue weighted by Crippen LogP contribution is 2.48. The Morgan fingerprint density at radius 3 is 2.88 bits per heavy atom. The number of nitrogens with one attached hydrogen (secondary N) is 1. The molecule has 0 unspecified atom stereocenters. The van der Waals surface area contributed by atoms with Crippen molar-refractivity contribution >= 4 is 35.6 Å². The van der Waals surface area contributed by atoms with Crippen LogP contribution in [0.3, 0.4) is 0 Å². The third-order valence-corrected chi connectivity index (χ3v) is 6.13. The van der Waals surface area contributed by atoms with Crippen LogP contribution in [0.5, 0.6) is 0 Å². The van der Waals surface area contributed by atoms with Gasteiger partial charge in [-0.25, -0.2) is 0 Å². The van der Waals surface area contributed by atoms with Gasteiger partial charge in [0.25, 0.3) is 0 Å². The summed E-state index contributed by atoms with van der Waals surface area (Å²) in [5.41, 5.74) is 1.37. The zero-order valence-electron chi connectivity index (χ0n) is 13.8. The van der Waals surface area contributed by atoms with E-state index in [0.29, 0.717) is 22.4 Å². The molecule has 1 heterocycles. The van der Waals surface area contributed by atoms with E-state index in [1.807, 2.05) is 12.1 Å². The highest BCUT2D eigenvalue weighted by atomic mass is 35.5. The van der Waals surface area contributed by atoms with E-state index < -0.39 is 13.1 Å². The summed E-state index contributed by atoms with van der Waals surface area (Å²) in [5.74, 6) is 0.298. The minimum atomic E-state index is -1.63. The molecular weight excluding hydrogens is 340 g/mol. The van der Waals surface area contributed by atoms with Gasteiger partial charge in [-0.1, -0.05) is 30.2 Å². The monoisotopic (exact) mass is 361 g/mol. The second kappa shape index (κ2) is 6.67. The molecule has 132 valence electrons. The maximum Gasteiger partial charge on any atom is 0.475 e. The van der Waals surface area contributed by atoms with Crippen LogP contribution in [0.1, 0.15) is 31.2 Å². The number of carbonyl (C=O) groups excluding carboxylic acids is 1. The minimum absolute atomic E-state index is 0.00976. The number of halogens is 1. The van der Waals surface area contributed by atoms with Gasteiger partial charge in [0, 0.05) is 11.3 Å². The Kier molecular flexibility index (Phi) is 4.52. The Morgan fingerprint density at radius 2 is 2.20 bits per heavy atom. The maximum atomic E-state index is 12.6. The summed E-state index contributed by atoms with van der Waals surface area (Å²) in [6.07, 6.45) is 6.24. The van der Waals surface area contributed by atoms with Gasteiger partial charge in [-0.15, -0.1) is 0 Å². The lowest BCUT2D eigenvalue weighted by molar-refractivity contribution is -0.126. The fourth-order valence-electron chi connectivity index (χ4n) is 4.56. The van der Waals surface area contributed by atoms with Crippen LogP contribution in [0.15, 0.2) is 28.9 Å². The van der Waals surface area contributed by atoms with Gasteiger partial charge in [-0.3, -0.25) is 4.79 Å². The highest BCUT2D eigenvalue weighted by Gasteiger charge is 2.44. The summed E-state index contributed by atoms with van der Waals surface area (Å²) in [6.45, 7) is 0. The van der Waals surface area contributed by atoms with Crippen LogP contribution in [-0.2, 0) is 11.2 Å². The van der Waals surface area contributed by atoms with Crippen LogP contribution in [0, 0.1) is 17.8 Å². The zero-order chi connectivity index (χ0) is 17.6. The van der Waals surface area contributed by atoms with E-state index in [2.05, 4.69) is 5.32 Å². The molecule has 4 rings (SSSR count). The van der Waals surface area contributed by atoms with Gasteiger partial charge in [0.1, 0.15) is 0 Å². The molecule has 25 heavy (non-hydrogen) atoms. The number of benzene rings is 1. The number of hydrogen-bond donors (Lipinski definition) is 3. The Bertz CT molecular complexity index is 792. The van der Waals surface area contributed by atoms with E-state index >= 15 is 0 Å². The molecule has 1 aromatic carbocycles. The summed E-state index contributed by atoms with van der Waals surface area (Å²) in [7, 11) is -1.63. The number of hydrogen-bond acceptors (Lipinski definition) is 4. The fraction of sp³-hybridized carbons (Fsp3) is 0.500. The van der Waals surface area contributed by atoms with Crippen molar-refractivity contribution in [3.8, 4) is 0 Å². The number of fused-ring (bicyclic) bond motifs is 3. The van der Waals surface area contributed by atoms with Gasteiger partial charge < -0.3 is 19.8 Å². The van der Waals surface area contributed by atoms with Gasteiger partial charge in [0.15, 0.2) is 5.58 Å². The SMILES string of the molecule is O=C(N[C@@H](Cc1coc2c(Cl)cccc12)B(O)O)[C@H]1C[C@@H]2CC[C@H]1C2. The summed E-state index contributed by atoms with van der Waals surface area (Å²) in [4.78, 5) is 12.6. The summed E-state index contributed by atoms with van der Waals surface area (Å²) >= 11 is 6.11. The van der Waals surface area contributed by atoms with Crippen LogP contribution in [0.4, 0.5) is 0 Å². The van der Waals surface area contributed by atoms with Crippen LogP contribution in [0.25, 0.3) is 11.0 Å². The van der Waals surface area contributed by atoms with Crippen molar-refractivity contribution in [1.82, 2.24) is 5.32 Å². The molecule has 2 aliphatic rings. The van der Waals surface area contributed by atoms with E-state index in [9.17, 15) is 14.8 Å². The van der Waals surface area contributed by atoms with E-state index in [1.54, 1.807) is 12.3 Å². The van der Waals surface area contributed by atoms with Crippen molar-refractivity contribution in [2.75, 3.05) is 0 Å². The molecule has 4 atom stereocenters. The van der Waals surface area contributed by atoms with Crippen LogP contribution in [-0.4, -0.2) is 29.0 Å². The van der Waals surface area contributed by atoms with Crippen LogP contribution < -0.4 is 5.32 Å². The smallest absolute Gasteiger partial charge is 0.462 e. The van der Waals surface area contributed by atoms with Crippen molar-refractivity contribution in [3.63, 3.8) is 0 Å². The molecule has 2 saturated carbocycles. The first-order chi connectivity index (χ1) is 12.0. The van der Waals surface area contributed by atoms with Crippen LogP contribution in [0.2, 0.25) is 5.02 Å². The molecule has 1 amide bonds. The van der Waals surface area contributed by atoms with Gasteiger partial charge in [0.2, 0.25) is 5.91 Å². The van der Waals surface area contributed by atoms with Gasteiger partial charge in [-0.05, 0) is 49.1 Å². The molecule has 7 heteroatoms. The third kappa shape index (κ3) is 3.19. The summed E-state index contributed by atoms with van der Waals surface area (Å²) < 4.78 is 5.50. The second-order valence-electron chi connectivity index (χ2n) is 7.39. The molecular formula is C18H21BClNO4. The predicted molar refractivity (Wildman–Crippen MR) is 96.0 cm³/mol. The molecule has 2 aromatic rings. The van der Waals surface area contributed by atoms with E-state index in [0.717, 1.165) is 30.2 Å². The van der Waals surface area contributed by atoms with Crippen molar-refractivity contribution in [2.24, 2.45) is 17.8 Å². The number of furan rings is 1. The van der Waals surface area contributed by atoms with Gasteiger partial charge >= 0.3 is 7.12 Å². The Labute approximate surface area is 151 Å². The Hall–Kier alpha value is -1.50. The lowest BCUT2D eigenvalue weighted by Crippen LogP contribution is -2.50. The molecule has 5 nitrogen and oxygen atoms in total. The largest absolute Gasteiger partial charge is 0.475 e. The van der Waals surface area contributed by atoms with E-state index in [4.69, 9.17) is 16.0 Å². The molecule has 0 saturated heterocycles. The standard InChI is InChI=1S/C18H21BClNO4/c20-15-3-1-2-13-12(9-25-17(13)15)8-16(19(23)24)21-18(22)14-7-10-4-5-11(14)6-10/h1-3,9-11,14,16,23-24H,4-8H2,(H,21,22)/t10-,11+,14+,16+/m1/s1. The number of para-hydroxylation sites is 1. The third-order valence-electron chi connectivity index (χ3n) is 5.83. The van der Waals surface area contributed by atoms with Gasteiger partial charge in [-0.2, -0.15) is 0 Å². The van der Waals surface area contributed by atoms with Gasteiger partial charge in [0.05, 0.1) is 17.2 Å². The van der Waals surface area contributed by atoms with E-state index in [1.165, 1.54) is 6.42 Å². The lowest BCUT2D eigenvalue weighted by atomic mass is 9.75. The van der Waals surface area contributed by atoms with E-state index in [-0.39, 0.29) is 18.2 Å². The lowest BCUT2D eigenvalue weighted by Gasteiger charge is -2.24. The Balaban J connectivity index is 1.49. The summed E-state index contributed by atoms with van der Waals surface area (Å²) in [6, 6.07) is 5.44. The predicted octanol–water partition coefficient (Wildman–Crippen LogP) is 2.56. The zero-order valence-corrected chi connectivity index (χ0v) is 14.6. The molecule has 1 aromatic heterocycles. The molecule has 2 bridgehead atoms. The fourth-order valence-corrected chi connectivity index (χ4v) is 4.78. The summed E-state index contributed by atoms with van der Waals surface area (Å²) in [5, 5.41) is 23.7. The molecule has 2 aliphatic carbocycles. The number of rotatable bonds is 5. The van der Waals surface area contributed by atoms with Crippen molar-refractivity contribution < 1.29 is 19.3 Å². The average molecular weight is 362 g/mol. The topological polar surface area (TPSA) is 82.7 Å². The number of amides is 1. The minimum Gasteiger partial charge on any atom is -0.462 e. The Morgan fingerprint density at radius 1 is 1.36 bits per heavy atom. The first kappa shape index (κ1) is 16.9. The normalized spacial score (nSPS) is 26.1. The highest BCUT2D eigenvalue weighted by molar-refractivity contribution is 6.43. The molecule has 0 radical (unpaired) electrons. The average Bonchev–Trinajstić information content (AvgIpc) is 3.30. The van der Waals surface area contributed by atoms with Crippen molar-refractivity contribution in [3.05, 3.63) is 35.0 Å². The number of carbonyl (C=O) groups is 1. The molecule has 0 spiro atoms. The van der Waals surface area contributed by atoms with Crippen molar-refractivity contribution in [2.45, 2.75) is 38.0 Å². The van der Waals surface area contributed by atoms with Crippen LogP contribution >= 0.6 is 11.6 Å². The molecule has 3 N–H and O–H groups in total. The quantitative estimate of drug-likeness (QED) is 0.715. The first-order valence-corrected chi connectivity index (χ1v) is 9.22. The maximum absolute atomic E-state index is 12.6. The molecule has 0 aliphatic heterocycles. The first-order valence-electron chi connectivity index (χ1n) is 8.84.